The van der Waals surface area contributed by atoms with Crippen LogP contribution in [-0.4, -0.2) is 4.57 Å². The molecule has 0 saturated heterocycles. The van der Waals surface area contributed by atoms with Crippen molar-refractivity contribution in [1.29, 1.82) is 0 Å². The van der Waals surface area contributed by atoms with Crippen molar-refractivity contribution in [3.05, 3.63) is 205 Å². The number of anilines is 3. The Balaban J connectivity index is 1.10. The van der Waals surface area contributed by atoms with Crippen molar-refractivity contribution in [3.8, 4) is 39.1 Å². The Morgan fingerprint density at radius 1 is 0.385 bits per heavy atom. The van der Waals surface area contributed by atoms with E-state index in [1.54, 1.807) is 0 Å². The van der Waals surface area contributed by atoms with E-state index in [9.17, 15) is 0 Å². The van der Waals surface area contributed by atoms with E-state index in [0.717, 1.165) is 17.1 Å². The van der Waals surface area contributed by atoms with Crippen LogP contribution in [0.25, 0.3) is 60.9 Å². The lowest BCUT2D eigenvalue weighted by Crippen LogP contribution is -2.10. The fraction of sp³-hybridized carbons (Fsp3) is 0.0400. The quantitative estimate of drug-likeness (QED) is 0.172. The number of hydrogen-bond acceptors (Lipinski definition) is 1. The van der Waals surface area contributed by atoms with Gasteiger partial charge in [-0.2, -0.15) is 0 Å². The molecule has 9 aromatic rings. The number of nitrogens with zero attached hydrogens (tertiary/aromatic N) is 2. The zero-order chi connectivity index (χ0) is 34.6. The highest BCUT2D eigenvalue weighted by molar-refractivity contribution is 6.10. The van der Waals surface area contributed by atoms with Gasteiger partial charge in [-0.3, -0.25) is 0 Å². The summed E-state index contributed by atoms with van der Waals surface area (Å²) in [4.78, 5) is 2.41. The summed E-state index contributed by atoms with van der Waals surface area (Å²) >= 11 is 0. The van der Waals surface area contributed by atoms with Crippen LogP contribution in [0.4, 0.5) is 17.1 Å². The predicted molar refractivity (Wildman–Crippen MR) is 219 cm³/mol. The number of para-hydroxylation sites is 2. The maximum Gasteiger partial charge on any atom is 0.0541 e. The minimum atomic E-state index is 0.338. The van der Waals surface area contributed by atoms with E-state index in [-0.39, 0.29) is 0 Å². The highest BCUT2D eigenvalue weighted by atomic mass is 15.1. The topological polar surface area (TPSA) is 8.17 Å². The molecule has 1 heterocycles. The summed E-state index contributed by atoms with van der Waals surface area (Å²) in [6.45, 7) is 2.33. The van der Waals surface area contributed by atoms with Crippen LogP contribution in [0.2, 0.25) is 0 Å². The van der Waals surface area contributed by atoms with Crippen molar-refractivity contribution in [2.75, 3.05) is 4.90 Å². The number of rotatable bonds is 6. The third kappa shape index (κ3) is 4.95. The monoisotopic (exact) mass is 664 g/mol. The molecule has 1 aromatic heterocycles. The molecule has 52 heavy (non-hydrogen) atoms. The number of aromatic nitrogens is 1. The van der Waals surface area contributed by atoms with Crippen molar-refractivity contribution in [2.45, 2.75) is 12.8 Å². The highest BCUT2D eigenvalue weighted by Crippen LogP contribution is 2.47. The summed E-state index contributed by atoms with van der Waals surface area (Å²) in [5.41, 5.74) is 17.3. The van der Waals surface area contributed by atoms with Gasteiger partial charge in [0.15, 0.2) is 0 Å². The Bertz CT molecular complexity index is 2740. The Morgan fingerprint density at radius 3 is 1.83 bits per heavy atom. The van der Waals surface area contributed by atoms with Gasteiger partial charge in [0, 0.05) is 39.4 Å². The smallest absolute Gasteiger partial charge is 0.0541 e. The van der Waals surface area contributed by atoms with E-state index in [2.05, 4.69) is 211 Å². The standard InChI is InChI=1S/C50H36N2/c1-34-43-19-8-9-20-44(43)45-29-28-42(33-47(34)45)51(40-26-23-36(24-27-40)35-13-4-2-5-14-35)41-18-12-15-37(31-41)38-25-30-50-48(32-38)46-21-10-11-22-49(46)52(50)39-16-6-3-7-17-39/h2-34H,1H3. The first kappa shape index (κ1) is 30.2. The van der Waals surface area contributed by atoms with Crippen LogP contribution in [0, 0.1) is 0 Å². The fourth-order valence-corrected chi connectivity index (χ4v) is 8.29. The Labute approximate surface area is 304 Å². The van der Waals surface area contributed by atoms with Crippen molar-refractivity contribution >= 4 is 38.9 Å². The molecule has 0 bridgehead atoms. The number of benzene rings is 8. The first-order valence-corrected chi connectivity index (χ1v) is 18.1. The average Bonchev–Trinajstić information content (AvgIpc) is 3.70. The summed E-state index contributed by atoms with van der Waals surface area (Å²) in [5.74, 6) is 0.338. The largest absolute Gasteiger partial charge is 0.310 e. The van der Waals surface area contributed by atoms with Gasteiger partial charge in [-0.05, 0) is 111 Å². The van der Waals surface area contributed by atoms with Gasteiger partial charge in [0.1, 0.15) is 0 Å². The van der Waals surface area contributed by atoms with Gasteiger partial charge >= 0.3 is 0 Å². The van der Waals surface area contributed by atoms with Crippen LogP contribution in [0.3, 0.4) is 0 Å². The minimum Gasteiger partial charge on any atom is -0.310 e. The molecule has 1 aliphatic rings. The maximum absolute atomic E-state index is 2.41. The van der Waals surface area contributed by atoms with Gasteiger partial charge < -0.3 is 9.47 Å². The molecular formula is C50H36N2. The van der Waals surface area contributed by atoms with Crippen LogP contribution >= 0.6 is 0 Å². The molecule has 0 radical (unpaired) electrons. The van der Waals surface area contributed by atoms with Gasteiger partial charge in [-0.1, -0.05) is 134 Å². The lowest BCUT2D eigenvalue weighted by atomic mass is 9.98. The Kier molecular flexibility index (Phi) is 7.14. The summed E-state index contributed by atoms with van der Waals surface area (Å²) in [7, 11) is 0. The fourth-order valence-electron chi connectivity index (χ4n) is 8.29. The Morgan fingerprint density at radius 2 is 0.981 bits per heavy atom. The zero-order valence-electron chi connectivity index (χ0n) is 28.9. The molecule has 0 spiro atoms. The van der Waals surface area contributed by atoms with Crippen molar-refractivity contribution in [1.82, 2.24) is 4.57 Å². The van der Waals surface area contributed by atoms with E-state index in [1.165, 1.54) is 72.0 Å². The molecule has 0 N–H and O–H groups in total. The third-order valence-corrected chi connectivity index (χ3v) is 10.8. The van der Waals surface area contributed by atoms with E-state index in [1.807, 2.05) is 0 Å². The van der Waals surface area contributed by atoms with E-state index >= 15 is 0 Å². The summed E-state index contributed by atoms with van der Waals surface area (Å²) in [6, 6.07) is 70.8. The molecule has 0 fully saturated rings. The van der Waals surface area contributed by atoms with Crippen molar-refractivity contribution in [3.63, 3.8) is 0 Å². The summed E-state index contributed by atoms with van der Waals surface area (Å²) in [5, 5.41) is 2.51. The lowest BCUT2D eigenvalue weighted by molar-refractivity contribution is 0.956. The summed E-state index contributed by atoms with van der Waals surface area (Å²) < 4.78 is 2.37. The van der Waals surface area contributed by atoms with E-state index in [4.69, 9.17) is 0 Å². The molecule has 0 amide bonds. The molecular weight excluding hydrogens is 629 g/mol. The van der Waals surface area contributed by atoms with E-state index in [0.29, 0.717) is 5.92 Å². The number of fused-ring (bicyclic) bond motifs is 6. The second-order valence-corrected chi connectivity index (χ2v) is 13.8. The second-order valence-electron chi connectivity index (χ2n) is 13.8. The molecule has 1 atom stereocenters. The molecule has 2 heteroatoms. The first-order chi connectivity index (χ1) is 25.7. The van der Waals surface area contributed by atoms with Crippen LogP contribution in [-0.2, 0) is 0 Å². The third-order valence-electron chi connectivity index (χ3n) is 10.8. The molecule has 10 rings (SSSR count). The SMILES string of the molecule is CC1c2ccccc2-c2ccc(N(c3ccc(-c4ccccc4)cc3)c3cccc(-c4ccc5c(c4)c4ccccc4n5-c4ccccc4)c3)cc21. The van der Waals surface area contributed by atoms with Crippen molar-refractivity contribution in [2.24, 2.45) is 0 Å². The second kappa shape index (κ2) is 12.3. The van der Waals surface area contributed by atoms with Crippen LogP contribution in [0.15, 0.2) is 194 Å². The average molecular weight is 665 g/mol. The van der Waals surface area contributed by atoms with Gasteiger partial charge in [0.25, 0.3) is 0 Å². The molecule has 0 saturated carbocycles. The maximum atomic E-state index is 2.41. The molecule has 246 valence electrons. The highest BCUT2D eigenvalue weighted by Gasteiger charge is 2.26. The molecule has 8 aromatic carbocycles. The predicted octanol–water partition coefficient (Wildman–Crippen LogP) is 13.7. The van der Waals surface area contributed by atoms with Gasteiger partial charge in [0.2, 0.25) is 0 Å². The number of hydrogen-bond donors (Lipinski definition) is 0. The van der Waals surface area contributed by atoms with E-state index < -0.39 is 0 Å². The van der Waals surface area contributed by atoms with Crippen LogP contribution in [0.5, 0.6) is 0 Å². The van der Waals surface area contributed by atoms with Gasteiger partial charge in [0.05, 0.1) is 11.0 Å². The normalized spacial score (nSPS) is 13.3. The van der Waals surface area contributed by atoms with Crippen molar-refractivity contribution < 1.29 is 0 Å². The molecule has 1 unspecified atom stereocenters. The first-order valence-electron chi connectivity index (χ1n) is 18.1. The summed E-state index contributed by atoms with van der Waals surface area (Å²) in [6.07, 6.45) is 0. The van der Waals surface area contributed by atoms with Crippen LogP contribution < -0.4 is 4.90 Å². The van der Waals surface area contributed by atoms with Crippen LogP contribution in [0.1, 0.15) is 24.0 Å². The minimum absolute atomic E-state index is 0.338. The zero-order valence-corrected chi connectivity index (χ0v) is 28.9. The molecule has 0 aliphatic heterocycles. The lowest BCUT2D eigenvalue weighted by Gasteiger charge is -2.27. The van der Waals surface area contributed by atoms with Gasteiger partial charge in [-0.25, -0.2) is 0 Å². The molecule has 2 nitrogen and oxygen atoms in total. The van der Waals surface area contributed by atoms with Gasteiger partial charge in [-0.15, -0.1) is 0 Å². The Hall–Kier alpha value is -6.64. The molecule has 1 aliphatic carbocycles.